The first kappa shape index (κ1) is 17.4. The molecule has 130 valence electrons. The van der Waals surface area contributed by atoms with Crippen molar-refractivity contribution in [2.45, 2.75) is 0 Å². The molecule has 6 nitrogen and oxygen atoms in total. The Morgan fingerprint density at radius 3 is 2.40 bits per heavy atom. The molecule has 1 aliphatic rings. The number of piperazine rings is 1. The maximum Gasteiger partial charge on any atom is 0.248 e. The number of anilines is 1. The third-order valence-electron chi connectivity index (χ3n) is 4.43. The molecule has 0 aliphatic carbocycles. The summed E-state index contributed by atoms with van der Waals surface area (Å²) in [6.45, 7) is 4.10. The fraction of sp³-hybridized carbons (Fsp3) is 0.278. The number of nitrogens with two attached hydrogens (primary N) is 1. The first-order valence-corrected chi connectivity index (χ1v) is 9.53. The predicted octanol–water partition coefficient (Wildman–Crippen LogP) is 1.74. The van der Waals surface area contributed by atoms with Gasteiger partial charge in [0.2, 0.25) is 10.0 Å². The van der Waals surface area contributed by atoms with E-state index in [2.05, 4.69) is 29.0 Å². The topological polar surface area (TPSA) is 90.4 Å². The van der Waals surface area contributed by atoms with Gasteiger partial charge in [0.15, 0.2) is 4.91 Å². The Kier molecular flexibility index (Phi) is 4.77. The monoisotopic (exact) mass is 356 g/mol. The smallest absolute Gasteiger partial charge is 0.248 e. The summed E-state index contributed by atoms with van der Waals surface area (Å²) in [5, 5.41) is 16.0. The van der Waals surface area contributed by atoms with Crippen molar-refractivity contribution >= 4 is 32.6 Å². The van der Waals surface area contributed by atoms with Gasteiger partial charge in [0.1, 0.15) is 6.07 Å². The van der Waals surface area contributed by atoms with Crippen LogP contribution in [0.25, 0.3) is 16.8 Å². The van der Waals surface area contributed by atoms with Crippen LogP contribution in [0.4, 0.5) is 5.69 Å². The molecule has 0 spiro atoms. The number of likely N-dealkylation sites (N-methyl/N-ethyl adjacent to an activating group) is 1. The lowest BCUT2D eigenvalue weighted by molar-refractivity contribution is 0.313. The molecule has 0 radical (unpaired) electrons. The summed E-state index contributed by atoms with van der Waals surface area (Å²) in [5.74, 6) is 0. The second kappa shape index (κ2) is 6.84. The highest BCUT2D eigenvalue weighted by Crippen LogP contribution is 2.25. The SMILES string of the molecule is CN1CCN(c2ccc3cc(/C=C(\C#N)S(N)(=O)=O)ccc3c2)CC1. The molecule has 1 heterocycles. The number of sulfonamides is 1. The molecule has 1 saturated heterocycles. The molecule has 0 bridgehead atoms. The third-order valence-corrected chi connectivity index (χ3v) is 5.25. The second-order valence-electron chi connectivity index (χ2n) is 6.25. The molecule has 3 rings (SSSR count). The minimum absolute atomic E-state index is 0.444. The van der Waals surface area contributed by atoms with Crippen molar-refractivity contribution in [3.63, 3.8) is 0 Å². The summed E-state index contributed by atoms with van der Waals surface area (Å²) in [6.07, 6.45) is 1.29. The Labute approximate surface area is 147 Å². The molecular formula is C18H20N4O2S. The normalized spacial score (nSPS) is 16.8. The lowest BCUT2D eigenvalue weighted by Gasteiger charge is -2.34. The zero-order valence-electron chi connectivity index (χ0n) is 14.0. The van der Waals surface area contributed by atoms with Gasteiger partial charge in [-0.15, -0.1) is 0 Å². The quantitative estimate of drug-likeness (QED) is 0.846. The molecule has 1 fully saturated rings. The van der Waals surface area contributed by atoms with Crippen molar-refractivity contribution in [2.24, 2.45) is 5.14 Å². The van der Waals surface area contributed by atoms with E-state index in [-0.39, 0.29) is 0 Å². The van der Waals surface area contributed by atoms with Crippen LogP contribution in [0.5, 0.6) is 0 Å². The fourth-order valence-electron chi connectivity index (χ4n) is 2.93. The van der Waals surface area contributed by atoms with Crippen LogP contribution in [-0.4, -0.2) is 46.5 Å². The van der Waals surface area contributed by atoms with Crippen molar-refractivity contribution in [3.05, 3.63) is 46.9 Å². The maximum absolute atomic E-state index is 11.4. The standard InChI is InChI=1S/C18H20N4O2S/c1-21-6-8-22(9-7-21)17-5-4-15-10-14(2-3-16(15)12-17)11-18(13-19)25(20,23)24/h2-5,10-12H,6-9H2,1H3,(H2,20,23,24)/b18-11+. The summed E-state index contributed by atoms with van der Waals surface area (Å²) in [6, 6.07) is 13.4. The van der Waals surface area contributed by atoms with Gasteiger partial charge in [-0.25, -0.2) is 13.6 Å². The van der Waals surface area contributed by atoms with Crippen LogP contribution >= 0.6 is 0 Å². The molecule has 0 atom stereocenters. The minimum atomic E-state index is -4.00. The van der Waals surface area contributed by atoms with Gasteiger partial charge >= 0.3 is 0 Å². The van der Waals surface area contributed by atoms with E-state index in [4.69, 9.17) is 10.4 Å². The molecule has 0 unspecified atom stereocenters. The van der Waals surface area contributed by atoms with E-state index in [1.54, 1.807) is 12.1 Å². The highest BCUT2D eigenvalue weighted by atomic mass is 32.2. The van der Waals surface area contributed by atoms with E-state index >= 15 is 0 Å². The van der Waals surface area contributed by atoms with Gasteiger partial charge in [0.05, 0.1) is 0 Å². The van der Waals surface area contributed by atoms with Crippen molar-refractivity contribution in [1.29, 1.82) is 5.26 Å². The fourth-order valence-corrected chi connectivity index (χ4v) is 3.36. The molecule has 2 aromatic carbocycles. The van der Waals surface area contributed by atoms with Gasteiger partial charge in [-0.2, -0.15) is 5.26 Å². The van der Waals surface area contributed by atoms with Gasteiger partial charge in [-0.3, -0.25) is 0 Å². The number of rotatable bonds is 3. The number of nitriles is 1. The van der Waals surface area contributed by atoms with E-state index in [9.17, 15) is 8.42 Å². The van der Waals surface area contributed by atoms with Crippen molar-refractivity contribution in [2.75, 3.05) is 38.1 Å². The number of benzene rings is 2. The zero-order valence-corrected chi connectivity index (χ0v) is 14.8. The van der Waals surface area contributed by atoms with E-state index in [0.717, 1.165) is 37.0 Å². The number of allylic oxidation sites excluding steroid dienone is 1. The lowest BCUT2D eigenvalue weighted by Crippen LogP contribution is -2.44. The second-order valence-corrected chi connectivity index (χ2v) is 7.78. The van der Waals surface area contributed by atoms with Crippen molar-refractivity contribution < 1.29 is 8.42 Å². The van der Waals surface area contributed by atoms with Gasteiger partial charge < -0.3 is 9.80 Å². The van der Waals surface area contributed by atoms with Crippen molar-refractivity contribution in [1.82, 2.24) is 4.90 Å². The van der Waals surface area contributed by atoms with E-state index in [1.165, 1.54) is 11.8 Å². The summed E-state index contributed by atoms with van der Waals surface area (Å²) in [7, 11) is -1.87. The van der Waals surface area contributed by atoms with E-state index < -0.39 is 14.9 Å². The Hall–Kier alpha value is -2.40. The summed E-state index contributed by atoms with van der Waals surface area (Å²) >= 11 is 0. The molecule has 2 aromatic rings. The van der Waals surface area contributed by atoms with Crippen LogP contribution in [0.3, 0.4) is 0 Å². The minimum Gasteiger partial charge on any atom is -0.369 e. The number of primary sulfonamides is 1. The highest BCUT2D eigenvalue weighted by molar-refractivity contribution is 7.93. The van der Waals surface area contributed by atoms with Gasteiger partial charge in [0, 0.05) is 31.9 Å². The van der Waals surface area contributed by atoms with E-state index in [1.807, 2.05) is 18.2 Å². The predicted molar refractivity (Wildman–Crippen MR) is 100 cm³/mol. The largest absolute Gasteiger partial charge is 0.369 e. The number of fused-ring (bicyclic) bond motifs is 1. The first-order valence-electron chi connectivity index (χ1n) is 7.99. The summed E-state index contributed by atoms with van der Waals surface area (Å²) in [5.41, 5.74) is 1.82. The van der Waals surface area contributed by atoms with E-state index in [0.29, 0.717) is 5.56 Å². The summed E-state index contributed by atoms with van der Waals surface area (Å²) in [4.78, 5) is 4.23. The highest BCUT2D eigenvalue weighted by Gasteiger charge is 2.15. The molecule has 1 aliphatic heterocycles. The number of hydrogen-bond donors (Lipinski definition) is 1. The first-order chi connectivity index (χ1) is 11.9. The third kappa shape index (κ3) is 3.99. The van der Waals surface area contributed by atoms with Crippen LogP contribution in [0.15, 0.2) is 41.3 Å². The number of hydrogen-bond acceptors (Lipinski definition) is 5. The Balaban J connectivity index is 1.91. The van der Waals surface area contributed by atoms with Gasteiger partial charge in [0.25, 0.3) is 0 Å². The number of nitrogens with zero attached hydrogens (tertiary/aromatic N) is 3. The Morgan fingerprint density at radius 1 is 1.12 bits per heavy atom. The summed E-state index contributed by atoms with van der Waals surface area (Å²) < 4.78 is 22.7. The van der Waals surface area contributed by atoms with Gasteiger partial charge in [-0.05, 0) is 47.7 Å². The molecule has 0 amide bonds. The Bertz CT molecular complexity index is 968. The molecule has 25 heavy (non-hydrogen) atoms. The van der Waals surface area contributed by atoms with Gasteiger partial charge in [-0.1, -0.05) is 18.2 Å². The van der Waals surface area contributed by atoms with Crippen molar-refractivity contribution in [3.8, 4) is 6.07 Å². The average molecular weight is 356 g/mol. The lowest BCUT2D eigenvalue weighted by atomic mass is 10.1. The molecule has 0 aromatic heterocycles. The molecule has 2 N–H and O–H groups in total. The van der Waals surface area contributed by atoms with Crippen LogP contribution in [-0.2, 0) is 10.0 Å². The maximum atomic E-state index is 11.4. The molecular weight excluding hydrogens is 336 g/mol. The van der Waals surface area contributed by atoms with Crippen LogP contribution in [0, 0.1) is 11.3 Å². The average Bonchev–Trinajstić information content (AvgIpc) is 2.58. The van der Waals surface area contributed by atoms with Crippen LogP contribution in [0.1, 0.15) is 5.56 Å². The molecule has 0 saturated carbocycles. The van der Waals surface area contributed by atoms with Crippen LogP contribution in [0.2, 0.25) is 0 Å². The Morgan fingerprint density at radius 2 is 1.76 bits per heavy atom. The zero-order chi connectivity index (χ0) is 18.0. The molecule has 7 heteroatoms. The van der Waals surface area contributed by atoms with Crippen LogP contribution < -0.4 is 10.0 Å².